The third kappa shape index (κ3) is 5.93. The van der Waals surface area contributed by atoms with Gasteiger partial charge < -0.3 is 14.7 Å². The molecule has 5 heteroatoms. The number of phenols is 1. The van der Waals surface area contributed by atoms with Gasteiger partial charge in [0.05, 0.1) is 7.11 Å². The fraction of sp³-hybridized carbons (Fsp3) is 0.321. The number of ether oxygens (including phenoxy) is 1. The van der Waals surface area contributed by atoms with Gasteiger partial charge in [-0.2, -0.15) is 0 Å². The number of methoxy groups -OCH3 is 1. The van der Waals surface area contributed by atoms with Crippen LogP contribution in [0.4, 0.5) is 0 Å². The average Bonchev–Trinajstić information content (AvgIpc) is 2.87. The number of phenolic OH excluding ortho intramolecular Hbond substituents is 1. The van der Waals surface area contributed by atoms with Crippen molar-refractivity contribution in [3.63, 3.8) is 0 Å². The molecule has 1 heterocycles. The van der Waals surface area contributed by atoms with Crippen LogP contribution in [-0.4, -0.2) is 54.1 Å². The monoisotopic (exact) mass is 444 g/mol. The summed E-state index contributed by atoms with van der Waals surface area (Å²) >= 11 is 0. The molecule has 1 amide bonds. The Morgan fingerprint density at radius 3 is 2.27 bits per heavy atom. The molecule has 3 aromatic carbocycles. The molecule has 0 spiro atoms. The van der Waals surface area contributed by atoms with E-state index in [1.165, 1.54) is 5.56 Å². The molecule has 0 radical (unpaired) electrons. The fourth-order valence-electron chi connectivity index (χ4n) is 4.55. The summed E-state index contributed by atoms with van der Waals surface area (Å²) in [6.07, 6.45) is 1.07. The Labute approximate surface area is 196 Å². The Morgan fingerprint density at radius 2 is 1.61 bits per heavy atom. The second-order valence-corrected chi connectivity index (χ2v) is 8.57. The van der Waals surface area contributed by atoms with E-state index in [0.29, 0.717) is 18.6 Å². The van der Waals surface area contributed by atoms with Crippen molar-refractivity contribution in [1.29, 1.82) is 0 Å². The summed E-state index contributed by atoms with van der Waals surface area (Å²) < 4.78 is 5.38. The van der Waals surface area contributed by atoms with E-state index in [-0.39, 0.29) is 17.6 Å². The summed E-state index contributed by atoms with van der Waals surface area (Å²) in [5.74, 6) is 1.03. The van der Waals surface area contributed by atoms with Crippen LogP contribution in [0.25, 0.3) is 0 Å². The van der Waals surface area contributed by atoms with Crippen molar-refractivity contribution < 1.29 is 14.6 Å². The van der Waals surface area contributed by atoms with Crippen LogP contribution in [0.15, 0.2) is 78.9 Å². The zero-order valence-corrected chi connectivity index (χ0v) is 19.2. The number of carbonyl (C=O) groups is 1. The van der Waals surface area contributed by atoms with Crippen LogP contribution in [0, 0.1) is 0 Å². The Morgan fingerprint density at radius 1 is 0.939 bits per heavy atom. The number of hydrogen-bond acceptors (Lipinski definition) is 4. The molecular formula is C28H32N2O3. The lowest BCUT2D eigenvalue weighted by Crippen LogP contribution is -2.48. The van der Waals surface area contributed by atoms with Crippen molar-refractivity contribution >= 4 is 5.91 Å². The van der Waals surface area contributed by atoms with Gasteiger partial charge in [0.15, 0.2) is 0 Å². The number of piperazine rings is 1. The van der Waals surface area contributed by atoms with Gasteiger partial charge in [0.2, 0.25) is 5.91 Å². The summed E-state index contributed by atoms with van der Waals surface area (Å²) in [5.41, 5.74) is 3.18. The molecular weight excluding hydrogens is 412 g/mol. The van der Waals surface area contributed by atoms with Crippen LogP contribution in [0.2, 0.25) is 0 Å². The molecule has 1 atom stereocenters. The van der Waals surface area contributed by atoms with E-state index in [9.17, 15) is 9.90 Å². The highest BCUT2D eigenvalue weighted by atomic mass is 16.5. The van der Waals surface area contributed by atoms with Gasteiger partial charge in [-0.25, -0.2) is 0 Å². The molecule has 33 heavy (non-hydrogen) atoms. The van der Waals surface area contributed by atoms with Gasteiger partial charge in [0.25, 0.3) is 0 Å². The molecule has 172 valence electrons. The van der Waals surface area contributed by atoms with Crippen LogP contribution < -0.4 is 4.74 Å². The summed E-state index contributed by atoms with van der Waals surface area (Å²) in [6, 6.07) is 25.8. The van der Waals surface area contributed by atoms with E-state index in [0.717, 1.165) is 43.9 Å². The van der Waals surface area contributed by atoms with Gasteiger partial charge >= 0.3 is 0 Å². The number of benzene rings is 3. The minimum Gasteiger partial charge on any atom is -0.508 e. The Kier molecular flexibility index (Phi) is 7.63. The van der Waals surface area contributed by atoms with Crippen molar-refractivity contribution in [3.05, 3.63) is 95.6 Å². The van der Waals surface area contributed by atoms with Gasteiger partial charge in [0, 0.05) is 50.6 Å². The lowest BCUT2D eigenvalue weighted by Gasteiger charge is -2.35. The number of hydrogen-bond donors (Lipinski definition) is 1. The normalized spacial score (nSPS) is 15.2. The minimum absolute atomic E-state index is 0.0791. The van der Waals surface area contributed by atoms with Gasteiger partial charge in [-0.05, 0) is 35.7 Å². The van der Waals surface area contributed by atoms with Gasteiger partial charge in [-0.1, -0.05) is 60.7 Å². The maximum absolute atomic E-state index is 13.1. The van der Waals surface area contributed by atoms with Crippen LogP contribution in [0.5, 0.6) is 11.5 Å². The SMILES string of the molecule is COc1ccc(O)c(C(CCC(=O)N2CCN(Cc3ccccc3)CC2)c2ccccc2)c1. The molecule has 1 aliphatic rings. The maximum atomic E-state index is 13.1. The molecule has 0 bridgehead atoms. The lowest BCUT2D eigenvalue weighted by atomic mass is 9.86. The molecule has 1 fully saturated rings. The lowest BCUT2D eigenvalue weighted by molar-refractivity contribution is -0.133. The molecule has 3 aromatic rings. The fourth-order valence-corrected chi connectivity index (χ4v) is 4.55. The van der Waals surface area contributed by atoms with Gasteiger partial charge in [-0.3, -0.25) is 9.69 Å². The second kappa shape index (κ2) is 11.0. The van der Waals surface area contributed by atoms with Crippen LogP contribution in [0.1, 0.15) is 35.4 Å². The molecule has 1 aliphatic heterocycles. The summed E-state index contributed by atoms with van der Waals surface area (Å²) in [4.78, 5) is 17.4. The topological polar surface area (TPSA) is 53.0 Å². The van der Waals surface area contributed by atoms with Crippen molar-refractivity contribution in [3.8, 4) is 11.5 Å². The zero-order chi connectivity index (χ0) is 23.0. The average molecular weight is 445 g/mol. The highest BCUT2D eigenvalue weighted by Crippen LogP contribution is 2.37. The molecule has 5 nitrogen and oxygen atoms in total. The largest absolute Gasteiger partial charge is 0.508 e. The van der Waals surface area contributed by atoms with Crippen molar-refractivity contribution in [2.75, 3.05) is 33.3 Å². The molecule has 1 saturated heterocycles. The summed E-state index contributed by atoms with van der Waals surface area (Å²) in [7, 11) is 1.62. The number of carbonyl (C=O) groups excluding carboxylic acids is 1. The third-order valence-corrected chi connectivity index (χ3v) is 6.43. The number of rotatable bonds is 8. The van der Waals surface area contributed by atoms with E-state index in [1.54, 1.807) is 19.2 Å². The van der Waals surface area contributed by atoms with E-state index in [2.05, 4.69) is 41.3 Å². The zero-order valence-electron chi connectivity index (χ0n) is 19.2. The van der Waals surface area contributed by atoms with Crippen molar-refractivity contribution in [1.82, 2.24) is 9.80 Å². The first kappa shape index (κ1) is 22.9. The first-order valence-corrected chi connectivity index (χ1v) is 11.6. The Bertz CT molecular complexity index is 1030. The first-order valence-electron chi connectivity index (χ1n) is 11.6. The summed E-state index contributed by atoms with van der Waals surface area (Å²) in [6.45, 7) is 4.21. The Hall–Kier alpha value is -3.31. The number of aromatic hydroxyl groups is 1. The standard InChI is InChI=1S/C28H32N2O3/c1-33-24-12-14-27(31)26(20-24)25(23-10-6-3-7-11-23)13-15-28(32)30-18-16-29(17-19-30)21-22-8-4-2-5-9-22/h2-12,14,20,25,31H,13,15-19,21H2,1H3. The number of amides is 1. The quantitative estimate of drug-likeness (QED) is 0.549. The van der Waals surface area contributed by atoms with Crippen molar-refractivity contribution in [2.24, 2.45) is 0 Å². The van der Waals surface area contributed by atoms with E-state index < -0.39 is 0 Å². The Balaban J connectivity index is 1.39. The second-order valence-electron chi connectivity index (χ2n) is 8.57. The van der Waals surface area contributed by atoms with Crippen molar-refractivity contribution in [2.45, 2.75) is 25.3 Å². The highest BCUT2D eigenvalue weighted by Gasteiger charge is 2.24. The van der Waals surface area contributed by atoms with E-state index in [4.69, 9.17) is 4.74 Å². The van der Waals surface area contributed by atoms with Gasteiger partial charge in [-0.15, -0.1) is 0 Å². The number of nitrogens with zero attached hydrogens (tertiary/aromatic N) is 2. The first-order chi connectivity index (χ1) is 16.1. The highest BCUT2D eigenvalue weighted by molar-refractivity contribution is 5.76. The van der Waals surface area contributed by atoms with E-state index >= 15 is 0 Å². The minimum atomic E-state index is -0.0791. The predicted molar refractivity (Wildman–Crippen MR) is 130 cm³/mol. The van der Waals surface area contributed by atoms with Crippen LogP contribution >= 0.6 is 0 Å². The molecule has 0 saturated carbocycles. The molecule has 1 N–H and O–H groups in total. The maximum Gasteiger partial charge on any atom is 0.222 e. The molecule has 0 aliphatic carbocycles. The molecule has 1 unspecified atom stereocenters. The molecule has 4 rings (SSSR count). The van der Waals surface area contributed by atoms with Crippen LogP contribution in [0.3, 0.4) is 0 Å². The summed E-state index contributed by atoms with van der Waals surface area (Å²) in [5, 5.41) is 10.6. The van der Waals surface area contributed by atoms with Crippen LogP contribution in [-0.2, 0) is 11.3 Å². The van der Waals surface area contributed by atoms with E-state index in [1.807, 2.05) is 35.2 Å². The molecule has 0 aromatic heterocycles. The van der Waals surface area contributed by atoms with Gasteiger partial charge in [0.1, 0.15) is 11.5 Å². The third-order valence-electron chi connectivity index (χ3n) is 6.43. The smallest absolute Gasteiger partial charge is 0.222 e. The predicted octanol–water partition coefficient (Wildman–Crippen LogP) is 4.66.